The molecule has 0 aliphatic carbocycles. The van der Waals surface area contributed by atoms with Crippen molar-refractivity contribution in [2.45, 2.75) is 20.5 Å². The Balaban J connectivity index is 2.71. The summed E-state index contributed by atoms with van der Waals surface area (Å²) in [6, 6.07) is 4.78. The molecule has 0 aliphatic heterocycles. The van der Waals surface area contributed by atoms with Crippen molar-refractivity contribution < 1.29 is 14.9 Å². The van der Waals surface area contributed by atoms with Crippen molar-refractivity contribution in [1.82, 2.24) is 0 Å². The van der Waals surface area contributed by atoms with Crippen LogP contribution in [-0.2, 0) is 6.61 Å². The molecule has 0 heterocycles. The maximum absolute atomic E-state index is 9.30. The number of aromatic hydroxyl groups is 1. The van der Waals surface area contributed by atoms with E-state index in [-0.39, 0.29) is 12.4 Å². The highest BCUT2D eigenvalue weighted by atomic mass is 16.5. The molecule has 0 saturated carbocycles. The van der Waals surface area contributed by atoms with Gasteiger partial charge in [-0.15, -0.1) is 0 Å². The third-order valence-corrected chi connectivity index (χ3v) is 1.72. The summed E-state index contributed by atoms with van der Waals surface area (Å²) in [5.41, 5.74) is 0.656. The van der Waals surface area contributed by atoms with Gasteiger partial charge in [0.2, 0.25) is 0 Å². The van der Waals surface area contributed by atoms with Gasteiger partial charge in [-0.1, -0.05) is 13.8 Å². The Kier molecular flexibility index (Phi) is 3.77. The number of phenolic OH excluding ortho intramolecular Hbond substituents is 1. The smallest absolute Gasteiger partial charge is 0.123 e. The maximum atomic E-state index is 9.30. The van der Waals surface area contributed by atoms with Crippen molar-refractivity contribution in [3.8, 4) is 11.5 Å². The van der Waals surface area contributed by atoms with Crippen LogP contribution in [0.2, 0.25) is 0 Å². The molecule has 0 saturated heterocycles. The van der Waals surface area contributed by atoms with Gasteiger partial charge in [0, 0.05) is 6.07 Å². The number of ether oxygens (including phenoxy) is 1. The summed E-state index contributed by atoms with van der Waals surface area (Å²) in [5, 5.41) is 18.2. The number of hydrogen-bond acceptors (Lipinski definition) is 3. The van der Waals surface area contributed by atoms with Gasteiger partial charge in [-0.2, -0.15) is 0 Å². The zero-order valence-corrected chi connectivity index (χ0v) is 8.53. The first kappa shape index (κ1) is 10.9. The van der Waals surface area contributed by atoms with Crippen molar-refractivity contribution in [1.29, 1.82) is 0 Å². The lowest BCUT2D eigenvalue weighted by Gasteiger charge is -2.09. The van der Waals surface area contributed by atoms with Gasteiger partial charge in [-0.05, 0) is 23.6 Å². The third kappa shape index (κ3) is 3.26. The van der Waals surface area contributed by atoms with Crippen LogP contribution in [0.3, 0.4) is 0 Å². The minimum Gasteiger partial charge on any atom is -0.508 e. The Hall–Kier alpha value is -1.22. The molecule has 0 radical (unpaired) electrons. The third-order valence-electron chi connectivity index (χ3n) is 1.72. The Morgan fingerprint density at radius 2 is 2.00 bits per heavy atom. The monoisotopic (exact) mass is 196 g/mol. The van der Waals surface area contributed by atoms with E-state index in [4.69, 9.17) is 9.84 Å². The number of aliphatic hydroxyl groups is 1. The zero-order valence-electron chi connectivity index (χ0n) is 8.53. The molecular formula is C11H16O3. The van der Waals surface area contributed by atoms with Gasteiger partial charge in [0.25, 0.3) is 0 Å². The van der Waals surface area contributed by atoms with Crippen molar-refractivity contribution >= 4 is 0 Å². The second kappa shape index (κ2) is 4.86. The number of hydrogen-bond donors (Lipinski definition) is 2. The van der Waals surface area contributed by atoms with Crippen molar-refractivity contribution in [2.24, 2.45) is 5.92 Å². The van der Waals surface area contributed by atoms with Gasteiger partial charge in [0.1, 0.15) is 11.5 Å². The molecule has 0 bridgehead atoms. The zero-order chi connectivity index (χ0) is 10.6. The fourth-order valence-electron chi connectivity index (χ4n) is 1.08. The number of rotatable bonds is 4. The Morgan fingerprint density at radius 3 is 2.57 bits per heavy atom. The normalized spacial score (nSPS) is 10.6. The van der Waals surface area contributed by atoms with Crippen LogP contribution in [0.15, 0.2) is 18.2 Å². The van der Waals surface area contributed by atoms with Crippen molar-refractivity contribution in [3.05, 3.63) is 23.8 Å². The van der Waals surface area contributed by atoms with Crippen molar-refractivity contribution in [2.75, 3.05) is 6.61 Å². The number of benzene rings is 1. The molecule has 0 amide bonds. The predicted octanol–water partition coefficient (Wildman–Crippen LogP) is 1.92. The first-order valence-corrected chi connectivity index (χ1v) is 4.68. The van der Waals surface area contributed by atoms with Crippen LogP contribution < -0.4 is 4.74 Å². The Labute approximate surface area is 84.0 Å². The quantitative estimate of drug-likeness (QED) is 0.773. The van der Waals surface area contributed by atoms with Crippen LogP contribution >= 0.6 is 0 Å². The fraction of sp³-hybridized carbons (Fsp3) is 0.455. The number of phenols is 1. The first-order valence-electron chi connectivity index (χ1n) is 4.68. The SMILES string of the molecule is CC(C)COc1cc(O)cc(CO)c1. The Morgan fingerprint density at radius 1 is 1.29 bits per heavy atom. The second-order valence-corrected chi connectivity index (χ2v) is 3.70. The van der Waals surface area contributed by atoms with Crippen LogP contribution in [-0.4, -0.2) is 16.8 Å². The van der Waals surface area contributed by atoms with E-state index in [1.54, 1.807) is 12.1 Å². The summed E-state index contributed by atoms with van der Waals surface area (Å²) in [6.07, 6.45) is 0. The Bertz CT molecular complexity index is 295. The predicted molar refractivity (Wildman–Crippen MR) is 54.4 cm³/mol. The van der Waals surface area contributed by atoms with E-state index in [0.717, 1.165) is 0 Å². The molecule has 78 valence electrons. The molecule has 0 spiro atoms. The van der Waals surface area contributed by atoms with E-state index in [9.17, 15) is 5.11 Å². The lowest BCUT2D eigenvalue weighted by molar-refractivity contribution is 0.264. The topological polar surface area (TPSA) is 49.7 Å². The van der Waals surface area contributed by atoms with Crippen LogP contribution in [0.1, 0.15) is 19.4 Å². The lowest BCUT2D eigenvalue weighted by Crippen LogP contribution is -2.04. The summed E-state index contributed by atoms with van der Waals surface area (Å²) in [6.45, 7) is 4.62. The van der Waals surface area contributed by atoms with Crippen LogP contribution in [0.5, 0.6) is 11.5 Å². The van der Waals surface area contributed by atoms with Gasteiger partial charge in [0.15, 0.2) is 0 Å². The molecule has 0 unspecified atom stereocenters. The molecule has 0 aromatic heterocycles. The summed E-state index contributed by atoms with van der Waals surface area (Å²) >= 11 is 0. The molecule has 14 heavy (non-hydrogen) atoms. The van der Waals surface area contributed by atoms with Gasteiger partial charge in [-0.3, -0.25) is 0 Å². The van der Waals surface area contributed by atoms with Crippen LogP contribution in [0.4, 0.5) is 0 Å². The molecule has 0 atom stereocenters. The van der Waals surface area contributed by atoms with E-state index in [1.165, 1.54) is 6.07 Å². The molecular weight excluding hydrogens is 180 g/mol. The average Bonchev–Trinajstić information content (AvgIpc) is 2.14. The molecule has 1 rings (SSSR count). The molecule has 1 aromatic carbocycles. The fourth-order valence-corrected chi connectivity index (χ4v) is 1.08. The van der Waals surface area contributed by atoms with E-state index in [0.29, 0.717) is 23.8 Å². The minimum absolute atomic E-state index is 0.0908. The van der Waals surface area contributed by atoms with Crippen LogP contribution in [0.25, 0.3) is 0 Å². The lowest BCUT2D eigenvalue weighted by atomic mass is 10.2. The molecule has 3 heteroatoms. The first-order chi connectivity index (χ1) is 6.61. The molecule has 0 aliphatic rings. The van der Waals surface area contributed by atoms with E-state index < -0.39 is 0 Å². The van der Waals surface area contributed by atoms with Crippen LogP contribution in [0, 0.1) is 5.92 Å². The summed E-state index contributed by atoms with van der Waals surface area (Å²) < 4.78 is 5.42. The second-order valence-electron chi connectivity index (χ2n) is 3.70. The van der Waals surface area contributed by atoms with E-state index in [1.807, 2.05) is 0 Å². The van der Waals surface area contributed by atoms with Crippen molar-refractivity contribution in [3.63, 3.8) is 0 Å². The van der Waals surface area contributed by atoms with Gasteiger partial charge in [-0.25, -0.2) is 0 Å². The summed E-state index contributed by atoms with van der Waals surface area (Å²) in [5.74, 6) is 1.16. The minimum atomic E-state index is -0.0908. The van der Waals surface area contributed by atoms with E-state index in [2.05, 4.69) is 13.8 Å². The molecule has 3 nitrogen and oxygen atoms in total. The van der Waals surface area contributed by atoms with Gasteiger partial charge >= 0.3 is 0 Å². The molecule has 0 fully saturated rings. The average molecular weight is 196 g/mol. The highest BCUT2D eigenvalue weighted by molar-refractivity contribution is 5.37. The highest BCUT2D eigenvalue weighted by Gasteiger charge is 2.01. The highest BCUT2D eigenvalue weighted by Crippen LogP contribution is 2.22. The van der Waals surface area contributed by atoms with Gasteiger partial charge < -0.3 is 14.9 Å². The standard InChI is InChI=1S/C11H16O3/c1-8(2)7-14-11-4-9(6-12)3-10(13)5-11/h3-5,8,12-13H,6-7H2,1-2H3. The molecule has 1 aromatic rings. The number of aliphatic hydroxyl groups excluding tert-OH is 1. The molecule has 2 N–H and O–H groups in total. The van der Waals surface area contributed by atoms with Gasteiger partial charge in [0.05, 0.1) is 13.2 Å². The summed E-state index contributed by atoms with van der Waals surface area (Å²) in [7, 11) is 0. The maximum Gasteiger partial charge on any atom is 0.123 e. The largest absolute Gasteiger partial charge is 0.508 e. The summed E-state index contributed by atoms with van der Waals surface area (Å²) in [4.78, 5) is 0. The van der Waals surface area contributed by atoms with E-state index >= 15 is 0 Å².